The minimum Gasteiger partial charge on any atom is -0.519 e. The second kappa shape index (κ2) is 8.74. The van der Waals surface area contributed by atoms with Crippen molar-refractivity contribution in [3.8, 4) is 0 Å². The van der Waals surface area contributed by atoms with Crippen molar-refractivity contribution in [2.24, 2.45) is 10.2 Å². The third kappa shape index (κ3) is 4.42. The van der Waals surface area contributed by atoms with Crippen LogP contribution in [0, 0.1) is 5.38 Å². The Morgan fingerprint density at radius 3 is 2.78 bits per heavy atom. The molecule has 1 aromatic rings. The number of aliphatic hydroxyl groups is 1. The Morgan fingerprint density at radius 2 is 2.33 bits per heavy atom. The second-order valence-electron chi connectivity index (χ2n) is 2.77. The van der Waals surface area contributed by atoms with Crippen molar-refractivity contribution in [3.63, 3.8) is 0 Å². The van der Waals surface area contributed by atoms with Gasteiger partial charge in [-0.3, -0.25) is 11.3 Å². The van der Waals surface area contributed by atoms with E-state index >= 15 is 0 Å². The van der Waals surface area contributed by atoms with Crippen molar-refractivity contribution >= 4 is 34.7 Å². The van der Waals surface area contributed by atoms with Gasteiger partial charge >= 0.3 is 5.97 Å². The normalized spacial score (nSPS) is 11.9. The number of hydrogen-bond acceptors (Lipinski definition) is 6. The van der Waals surface area contributed by atoms with Gasteiger partial charge in [0.25, 0.3) is 0 Å². The summed E-state index contributed by atoms with van der Waals surface area (Å²) in [4.78, 5) is 11.5. The molecule has 5 nitrogen and oxygen atoms in total. The van der Waals surface area contributed by atoms with E-state index in [0.29, 0.717) is 4.34 Å². The van der Waals surface area contributed by atoms with Gasteiger partial charge in [-0.2, -0.15) is 22.8 Å². The molecule has 1 N–H and O–H groups in total. The molecule has 0 fully saturated rings. The van der Waals surface area contributed by atoms with Crippen LogP contribution in [0.1, 0.15) is 12.5 Å². The molecule has 1 rings (SSSR count). The van der Waals surface area contributed by atoms with Gasteiger partial charge in [-0.15, -0.1) is 16.1 Å². The van der Waals surface area contributed by atoms with Gasteiger partial charge < -0.3 is 9.84 Å². The summed E-state index contributed by atoms with van der Waals surface area (Å²) >= 11 is 6.94. The molecule has 0 aromatic carbocycles. The van der Waals surface area contributed by atoms with Crippen LogP contribution in [0.5, 0.6) is 0 Å². The summed E-state index contributed by atoms with van der Waals surface area (Å²) in [5.74, 6) is -1.12. The van der Waals surface area contributed by atoms with Crippen molar-refractivity contribution in [1.82, 2.24) is 0 Å². The van der Waals surface area contributed by atoms with Crippen molar-refractivity contribution < 1.29 is 47.3 Å². The zero-order valence-electron chi connectivity index (χ0n) is 9.81. The molecule has 1 aromatic heterocycles. The molecular weight excluding hydrogens is 353 g/mol. The summed E-state index contributed by atoms with van der Waals surface area (Å²) in [6.07, 6.45) is 0. The Bertz CT molecular complexity index is 473. The first-order valence-corrected chi connectivity index (χ1v) is 5.87. The van der Waals surface area contributed by atoms with E-state index < -0.39 is 5.97 Å². The minimum absolute atomic E-state index is 0. The molecule has 18 heavy (non-hydrogen) atoms. The quantitative estimate of drug-likeness (QED) is 0.294. The van der Waals surface area contributed by atoms with E-state index in [2.05, 4.69) is 15.6 Å². The Morgan fingerprint density at radius 1 is 1.67 bits per heavy atom. The molecule has 0 saturated carbocycles. The van der Waals surface area contributed by atoms with E-state index in [1.807, 2.05) is 0 Å². The Kier molecular flexibility index (Phi) is 8.60. The molecule has 1 radical (unpaired) electrons. The Hall–Kier alpha value is -0.296. The van der Waals surface area contributed by atoms with Gasteiger partial charge in [0.05, 0.1) is 12.4 Å². The molecular formula is C10H10ClN2O3SY-. The summed E-state index contributed by atoms with van der Waals surface area (Å²) in [7, 11) is 1.38. The van der Waals surface area contributed by atoms with E-state index in [9.17, 15) is 9.90 Å². The van der Waals surface area contributed by atoms with Gasteiger partial charge in [-0.25, -0.2) is 4.79 Å². The van der Waals surface area contributed by atoms with Crippen LogP contribution in [-0.4, -0.2) is 24.7 Å². The summed E-state index contributed by atoms with van der Waals surface area (Å²) in [5, 5.41) is 19.7. The SMILES string of the molecule is CCOC(=O)/C(N=NC)=C(\O)c1c[c-]sc1Cl.[Y]. The number of hydrogen-bond donors (Lipinski definition) is 1. The number of azo groups is 1. The van der Waals surface area contributed by atoms with Crippen molar-refractivity contribution in [3.05, 3.63) is 27.0 Å². The predicted octanol–water partition coefficient (Wildman–Crippen LogP) is 3.07. The van der Waals surface area contributed by atoms with Crippen molar-refractivity contribution in [1.29, 1.82) is 0 Å². The monoisotopic (exact) mass is 362 g/mol. The molecule has 0 aliphatic heterocycles. The smallest absolute Gasteiger partial charge is 0.361 e. The molecule has 0 amide bonds. The first-order valence-electron chi connectivity index (χ1n) is 4.67. The first-order chi connectivity index (χ1) is 8.11. The van der Waals surface area contributed by atoms with Crippen LogP contribution in [0.3, 0.4) is 0 Å². The number of esters is 1. The standard InChI is InChI=1S/C10H10ClN2O3S.Y/c1-3-16-10(15)7(13-12-2)8(14)6-4-5-17-9(6)11;/h4,14H,3H2,1-2H3;/q-1;/b8-7+,13-12?;. The van der Waals surface area contributed by atoms with Crippen molar-refractivity contribution in [2.75, 3.05) is 13.7 Å². The fourth-order valence-electron chi connectivity index (χ4n) is 1.03. The van der Waals surface area contributed by atoms with Crippen LogP contribution in [0.2, 0.25) is 4.34 Å². The molecule has 0 aliphatic carbocycles. The Balaban J connectivity index is 0.00000289. The largest absolute Gasteiger partial charge is 0.519 e. The van der Waals surface area contributed by atoms with Gasteiger partial charge in [0.1, 0.15) is 0 Å². The van der Waals surface area contributed by atoms with Crippen LogP contribution in [0.25, 0.3) is 5.76 Å². The number of aliphatic hydroxyl groups excluding tert-OH is 1. The number of thiophene rings is 1. The van der Waals surface area contributed by atoms with Gasteiger partial charge in [-0.05, 0) is 6.92 Å². The summed E-state index contributed by atoms with van der Waals surface area (Å²) in [6.45, 7) is 1.83. The third-order valence-corrected chi connectivity index (χ3v) is 2.78. The fourth-order valence-corrected chi connectivity index (χ4v) is 1.85. The van der Waals surface area contributed by atoms with E-state index in [1.165, 1.54) is 13.1 Å². The van der Waals surface area contributed by atoms with Gasteiger partial charge in [-0.1, -0.05) is 4.34 Å². The number of carbonyl (C=O) groups is 1. The topological polar surface area (TPSA) is 71.2 Å². The number of halogens is 1. The average Bonchev–Trinajstić information content (AvgIpc) is 2.71. The summed E-state index contributed by atoms with van der Waals surface area (Å²) < 4.78 is 5.07. The molecule has 0 aliphatic rings. The number of carbonyl (C=O) groups excluding carboxylic acids is 1. The van der Waals surface area contributed by atoms with E-state index in [0.717, 1.165) is 11.3 Å². The summed E-state index contributed by atoms with van der Waals surface area (Å²) in [6, 6.07) is 1.47. The molecule has 0 spiro atoms. The predicted molar refractivity (Wildman–Crippen MR) is 65.1 cm³/mol. The average molecular weight is 363 g/mol. The number of rotatable bonds is 4. The zero-order chi connectivity index (χ0) is 12.8. The molecule has 0 atom stereocenters. The second-order valence-corrected chi connectivity index (χ2v) is 4.22. The first kappa shape index (κ1) is 17.7. The van der Waals surface area contributed by atoms with Gasteiger partial charge in [0.2, 0.25) is 0 Å². The van der Waals surface area contributed by atoms with Gasteiger partial charge in [0.15, 0.2) is 5.70 Å². The maximum atomic E-state index is 11.5. The van der Waals surface area contributed by atoms with E-state index in [1.54, 1.807) is 6.92 Å². The van der Waals surface area contributed by atoms with Gasteiger partial charge in [0, 0.05) is 39.8 Å². The van der Waals surface area contributed by atoms with Crippen LogP contribution >= 0.6 is 22.9 Å². The summed E-state index contributed by atoms with van der Waals surface area (Å²) in [5.41, 5.74) is 0.00942. The number of ether oxygens (including phenoxy) is 1. The molecule has 95 valence electrons. The van der Waals surface area contributed by atoms with E-state index in [4.69, 9.17) is 16.3 Å². The van der Waals surface area contributed by atoms with E-state index in [-0.39, 0.29) is 56.3 Å². The van der Waals surface area contributed by atoms with Crippen LogP contribution in [0.4, 0.5) is 0 Å². The molecule has 0 saturated heterocycles. The fraction of sp³-hybridized carbons (Fsp3) is 0.300. The maximum absolute atomic E-state index is 11.5. The van der Waals surface area contributed by atoms with Crippen LogP contribution < -0.4 is 0 Å². The van der Waals surface area contributed by atoms with Crippen LogP contribution in [0.15, 0.2) is 22.0 Å². The zero-order valence-corrected chi connectivity index (χ0v) is 14.2. The van der Waals surface area contributed by atoms with Crippen LogP contribution in [-0.2, 0) is 42.2 Å². The molecule has 0 unspecified atom stereocenters. The molecule has 8 heteroatoms. The molecule has 1 heterocycles. The third-order valence-electron chi connectivity index (χ3n) is 1.71. The number of nitrogens with zero attached hydrogens (tertiary/aromatic N) is 2. The molecule has 0 bridgehead atoms. The minimum atomic E-state index is -0.752. The Labute approximate surface area is 139 Å². The van der Waals surface area contributed by atoms with Crippen molar-refractivity contribution in [2.45, 2.75) is 6.92 Å². The maximum Gasteiger partial charge on any atom is 0.361 e.